The lowest BCUT2D eigenvalue weighted by Gasteiger charge is -2.12. The predicted molar refractivity (Wildman–Crippen MR) is 84.5 cm³/mol. The van der Waals surface area contributed by atoms with E-state index in [-0.39, 0.29) is 17.7 Å². The number of rotatable bonds is 7. The zero-order chi connectivity index (χ0) is 15.8. The largest absolute Gasteiger partial charge is 0.351 e. The zero-order valence-electron chi connectivity index (χ0n) is 12.6. The molecule has 5 nitrogen and oxygen atoms in total. The van der Waals surface area contributed by atoms with E-state index in [9.17, 15) is 9.59 Å². The number of hydrogen-bond donors (Lipinski definition) is 3. The first-order valence-electron chi connectivity index (χ1n) is 6.98. The van der Waals surface area contributed by atoms with Gasteiger partial charge in [-0.15, -0.1) is 6.58 Å². The minimum Gasteiger partial charge on any atom is -0.351 e. The number of hydrogen-bond acceptors (Lipinski definition) is 3. The van der Waals surface area contributed by atoms with Gasteiger partial charge in [0.1, 0.15) is 0 Å². The van der Waals surface area contributed by atoms with Crippen molar-refractivity contribution in [3.05, 3.63) is 42.5 Å². The van der Waals surface area contributed by atoms with Crippen molar-refractivity contribution in [2.45, 2.75) is 32.9 Å². The number of anilines is 1. The Kier molecular flexibility index (Phi) is 6.62. The van der Waals surface area contributed by atoms with Crippen LogP contribution in [0.4, 0.5) is 5.69 Å². The molecule has 0 spiro atoms. The normalized spacial score (nSPS) is 11.8. The Bertz CT molecular complexity index is 512. The maximum absolute atomic E-state index is 11.7. The molecule has 0 radical (unpaired) electrons. The molecular formula is C16H23N3O2. The lowest BCUT2D eigenvalue weighted by atomic mass is 10.1. The van der Waals surface area contributed by atoms with Crippen LogP contribution in [0.25, 0.3) is 0 Å². The number of carbonyl (C=O) groups is 2. The average molecular weight is 289 g/mol. The van der Waals surface area contributed by atoms with Crippen molar-refractivity contribution >= 4 is 17.5 Å². The molecule has 0 heterocycles. The molecule has 1 atom stereocenters. The SMILES string of the molecule is C=CCC(N)C(=O)NCc1cccc(NC(=O)C(C)C)c1. The quantitative estimate of drug-likeness (QED) is 0.669. The van der Waals surface area contributed by atoms with Gasteiger partial charge in [0.15, 0.2) is 0 Å². The zero-order valence-corrected chi connectivity index (χ0v) is 12.6. The molecule has 0 aliphatic heterocycles. The van der Waals surface area contributed by atoms with Crippen molar-refractivity contribution < 1.29 is 9.59 Å². The van der Waals surface area contributed by atoms with Crippen LogP contribution < -0.4 is 16.4 Å². The third kappa shape index (κ3) is 5.79. The van der Waals surface area contributed by atoms with E-state index in [4.69, 9.17) is 5.73 Å². The van der Waals surface area contributed by atoms with Crippen molar-refractivity contribution in [3.8, 4) is 0 Å². The summed E-state index contributed by atoms with van der Waals surface area (Å²) in [5.41, 5.74) is 7.30. The highest BCUT2D eigenvalue weighted by Gasteiger charge is 2.11. The van der Waals surface area contributed by atoms with Gasteiger partial charge in [0, 0.05) is 18.2 Å². The van der Waals surface area contributed by atoms with Gasteiger partial charge in [-0.3, -0.25) is 9.59 Å². The number of amides is 2. The average Bonchev–Trinajstić information content (AvgIpc) is 2.45. The molecule has 1 unspecified atom stereocenters. The molecular weight excluding hydrogens is 266 g/mol. The third-order valence-electron chi connectivity index (χ3n) is 2.94. The first-order chi connectivity index (χ1) is 9.93. The van der Waals surface area contributed by atoms with Gasteiger partial charge in [0.25, 0.3) is 0 Å². The molecule has 0 aromatic heterocycles. The number of nitrogens with one attached hydrogen (secondary N) is 2. The Morgan fingerprint density at radius 1 is 1.33 bits per heavy atom. The van der Waals surface area contributed by atoms with Crippen molar-refractivity contribution in [3.63, 3.8) is 0 Å². The van der Waals surface area contributed by atoms with Gasteiger partial charge in [-0.1, -0.05) is 32.1 Å². The summed E-state index contributed by atoms with van der Waals surface area (Å²) < 4.78 is 0. The molecule has 2 amide bonds. The van der Waals surface area contributed by atoms with E-state index < -0.39 is 6.04 Å². The first kappa shape index (κ1) is 16.9. The van der Waals surface area contributed by atoms with Crippen LogP contribution in [0.1, 0.15) is 25.8 Å². The Morgan fingerprint density at radius 2 is 2.05 bits per heavy atom. The smallest absolute Gasteiger partial charge is 0.237 e. The standard InChI is InChI=1S/C16H23N3O2/c1-4-6-14(17)16(21)18-10-12-7-5-8-13(9-12)19-15(20)11(2)3/h4-5,7-9,11,14H,1,6,10,17H2,2-3H3,(H,18,21)(H,19,20). The molecule has 0 bridgehead atoms. The Morgan fingerprint density at radius 3 is 2.67 bits per heavy atom. The summed E-state index contributed by atoms with van der Waals surface area (Å²) in [6, 6.07) is 6.78. The topological polar surface area (TPSA) is 84.2 Å². The summed E-state index contributed by atoms with van der Waals surface area (Å²) in [6.45, 7) is 7.59. The maximum atomic E-state index is 11.7. The lowest BCUT2D eigenvalue weighted by Crippen LogP contribution is -2.39. The van der Waals surface area contributed by atoms with Gasteiger partial charge in [-0.05, 0) is 24.1 Å². The van der Waals surface area contributed by atoms with Crippen LogP contribution >= 0.6 is 0 Å². The molecule has 0 aliphatic rings. The molecule has 5 heteroatoms. The highest BCUT2D eigenvalue weighted by Crippen LogP contribution is 2.12. The Labute approximate surface area is 125 Å². The second-order valence-electron chi connectivity index (χ2n) is 5.19. The molecule has 0 saturated heterocycles. The highest BCUT2D eigenvalue weighted by atomic mass is 16.2. The molecule has 1 rings (SSSR count). The Balaban J connectivity index is 2.58. The first-order valence-corrected chi connectivity index (χ1v) is 6.98. The summed E-state index contributed by atoms with van der Waals surface area (Å²) in [5, 5.41) is 5.59. The Hall–Kier alpha value is -2.14. The van der Waals surface area contributed by atoms with Crippen LogP contribution in [0.3, 0.4) is 0 Å². The monoisotopic (exact) mass is 289 g/mol. The highest BCUT2D eigenvalue weighted by molar-refractivity contribution is 5.92. The summed E-state index contributed by atoms with van der Waals surface area (Å²) in [4.78, 5) is 23.3. The van der Waals surface area contributed by atoms with Crippen molar-refractivity contribution in [1.29, 1.82) is 0 Å². The fourth-order valence-corrected chi connectivity index (χ4v) is 1.65. The van der Waals surface area contributed by atoms with Gasteiger partial charge < -0.3 is 16.4 Å². The minimum atomic E-state index is -0.577. The molecule has 0 aliphatic carbocycles. The molecule has 1 aromatic rings. The van der Waals surface area contributed by atoms with E-state index in [1.807, 2.05) is 38.1 Å². The fraction of sp³-hybridized carbons (Fsp3) is 0.375. The van der Waals surface area contributed by atoms with Crippen LogP contribution in [0.15, 0.2) is 36.9 Å². The van der Waals surface area contributed by atoms with E-state index in [0.29, 0.717) is 13.0 Å². The van der Waals surface area contributed by atoms with Gasteiger partial charge in [0.05, 0.1) is 6.04 Å². The van der Waals surface area contributed by atoms with Crippen molar-refractivity contribution in [2.24, 2.45) is 11.7 Å². The van der Waals surface area contributed by atoms with E-state index in [1.165, 1.54) is 0 Å². The molecule has 4 N–H and O–H groups in total. The molecule has 114 valence electrons. The van der Waals surface area contributed by atoms with E-state index in [2.05, 4.69) is 17.2 Å². The van der Waals surface area contributed by atoms with Crippen LogP contribution in [0.5, 0.6) is 0 Å². The van der Waals surface area contributed by atoms with Gasteiger partial charge in [-0.25, -0.2) is 0 Å². The molecule has 21 heavy (non-hydrogen) atoms. The van der Waals surface area contributed by atoms with Crippen LogP contribution in [-0.4, -0.2) is 17.9 Å². The van der Waals surface area contributed by atoms with Crippen LogP contribution in [-0.2, 0) is 16.1 Å². The number of benzene rings is 1. The van der Waals surface area contributed by atoms with E-state index >= 15 is 0 Å². The second-order valence-corrected chi connectivity index (χ2v) is 5.19. The second kappa shape index (κ2) is 8.21. The molecule has 1 aromatic carbocycles. The van der Waals surface area contributed by atoms with E-state index in [0.717, 1.165) is 11.3 Å². The fourth-order valence-electron chi connectivity index (χ4n) is 1.65. The lowest BCUT2D eigenvalue weighted by molar-refractivity contribution is -0.122. The maximum Gasteiger partial charge on any atom is 0.237 e. The van der Waals surface area contributed by atoms with Crippen molar-refractivity contribution in [2.75, 3.05) is 5.32 Å². The van der Waals surface area contributed by atoms with Gasteiger partial charge in [-0.2, -0.15) is 0 Å². The molecule has 0 fully saturated rings. The summed E-state index contributed by atoms with van der Waals surface area (Å²) >= 11 is 0. The van der Waals surface area contributed by atoms with Crippen LogP contribution in [0, 0.1) is 5.92 Å². The summed E-state index contributed by atoms with van der Waals surface area (Å²) in [7, 11) is 0. The predicted octanol–water partition coefficient (Wildman–Crippen LogP) is 1.80. The number of nitrogens with two attached hydrogens (primary N) is 1. The van der Waals surface area contributed by atoms with E-state index in [1.54, 1.807) is 6.08 Å². The number of carbonyl (C=O) groups excluding carboxylic acids is 2. The van der Waals surface area contributed by atoms with Crippen LogP contribution in [0.2, 0.25) is 0 Å². The van der Waals surface area contributed by atoms with Gasteiger partial charge >= 0.3 is 0 Å². The summed E-state index contributed by atoms with van der Waals surface area (Å²) in [6.07, 6.45) is 2.06. The molecule has 0 saturated carbocycles. The summed E-state index contributed by atoms with van der Waals surface area (Å²) in [5.74, 6) is -0.332. The third-order valence-corrected chi connectivity index (χ3v) is 2.94. The van der Waals surface area contributed by atoms with Gasteiger partial charge in [0.2, 0.25) is 11.8 Å². The minimum absolute atomic E-state index is 0.0378. The van der Waals surface area contributed by atoms with Crippen molar-refractivity contribution in [1.82, 2.24) is 5.32 Å².